The molecule has 0 aromatic carbocycles. The highest BCUT2D eigenvalue weighted by molar-refractivity contribution is 6.03. The van der Waals surface area contributed by atoms with Crippen molar-refractivity contribution in [2.45, 2.75) is 121 Å². The highest BCUT2D eigenvalue weighted by atomic mass is 16.6. The first-order chi connectivity index (χ1) is 29.9. The molecule has 2 saturated carbocycles. The van der Waals surface area contributed by atoms with Gasteiger partial charge < -0.3 is 44.8 Å². The third kappa shape index (κ3) is 11.4. The number of alkyl carbamates (subject to hydrolysis) is 2. The van der Waals surface area contributed by atoms with Crippen molar-refractivity contribution in [3.05, 3.63) is 58.7 Å². The second-order valence-electron chi connectivity index (χ2n) is 16.6. The van der Waals surface area contributed by atoms with Crippen LogP contribution in [0.1, 0.15) is 121 Å². The van der Waals surface area contributed by atoms with E-state index >= 15 is 0 Å². The van der Waals surface area contributed by atoms with Crippen LogP contribution >= 0.6 is 0 Å². The van der Waals surface area contributed by atoms with Gasteiger partial charge in [-0.1, -0.05) is 0 Å². The van der Waals surface area contributed by atoms with Crippen LogP contribution in [0.2, 0.25) is 0 Å². The van der Waals surface area contributed by atoms with Crippen molar-refractivity contribution in [1.29, 1.82) is 0 Å². The highest BCUT2D eigenvalue weighted by Gasteiger charge is 2.32. The number of aromatic amines is 2. The number of anilines is 2. The zero-order valence-electron chi connectivity index (χ0n) is 36.1. The Balaban J connectivity index is 0.764. The van der Waals surface area contributed by atoms with Crippen LogP contribution in [0.3, 0.4) is 0 Å². The van der Waals surface area contributed by atoms with Gasteiger partial charge in [-0.2, -0.15) is 15.3 Å². The van der Waals surface area contributed by atoms with Crippen molar-refractivity contribution in [3.63, 3.8) is 0 Å². The van der Waals surface area contributed by atoms with Gasteiger partial charge in [-0.05, 0) is 71.3 Å². The zero-order chi connectivity index (χ0) is 43.8. The molecule has 21 heteroatoms. The lowest BCUT2D eigenvalue weighted by molar-refractivity contribution is 0.0943. The molecule has 7 rings (SSSR count). The van der Waals surface area contributed by atoms with Gasteiger partial charge in [0.25, 0.3) is 11.8 Å². The number of fused-ring (bicyclic) bond motifs is 1. The summed E-state index contributed by atoms with van der Waals surface area (Å²) < 4.78 is 25.3. The third-order valence-electron chi connectivity index (χ3n) is 11.9. The van der Waals surface area contributed by atoms with Gasteiger partial charge in [-0.25, -0.2) is 14.6 Å². The van der Waals surface area contributed by atoms with E-state index in [2.05, 4.69) is 56.6 Å². The molecule has 0 spiro atoms. The second kappa shape index (κ2) is 20.4. The number of aryl methyl sites for hydroxylation is 1. The van der Waals surface area contributed by atoms with Crippen molar-refractivity contribution in [2.75, 3.05) is 44.5 Å². The summed E-state index contributed by atoms with van der Waals surface area (Å²) in [7, 11) is 4.95. The number of methoxy groups -OCH3 is 2. The van der Waals surface area contributed by atoms with Gasteiger partial charge in [0.1, 0.15) is 29.4 Å². The zero-order valence-corrected chi connectivity index (χ0v) is 36.1. The maximum Gasteiger partial charge on any atom is 0.407 e. The van der Waals surface area contributed by atoms with E-state index in [1.165, 1.54) is 4.68 Å². The first kappa shape index (κ1) is 44.3. The van der Waals surface area contributed by atoms with Gasteiger partial charge in [-0.15, -0.1) is 0 Å². The van der Waals surface area contributed by atoms with E-state index in [-0.39, 0.29) is 47.9 Å². The molecular weight excluding hydrogens is 803 g/mol. The topological polar surface area (TPSA) is 250 Å². The van der Waals surface area contributed by atoms with E-state index in [1.807, 2.05) is 30.5 Å². The van der Waals surface area contributed by atoms with Crippen molar-refractivity contribution in [3.8, 4) is 0 Å². The SMILES string of the molecule is COCCN1CCn2c(C(=O)Nc3cc([C@H]4CC[C@@H](OC(=O)NC(C)CCC(C)NC(=O)O[C@@H]5CC[C@H](c6cc(NC(=O)c7cc(COC)nn7C)n[nH]6)C5)C4)[nH]n3)cnc2C1. The van der Waals surface area contributed by atoms with E-state index in [0.29, 0.717) is 93.5 Å². The Morgan fingerprint density at radius 3 is 1.94 bits per heavy atom. The molecule has 0 saturated heterocycles. The van der Waals surface area contributed by atoms with E-state index in [0.717, 1.165) is 43.1 Å². The summed E-state index contributed by atoms with van der Waals surface area (Å²) in [5.74, 6) is 1.31. The molecule has 4 aromatic rings. The average Bonchev–Trinajstić information content (AvgIpc) is 4.10. The molecule has 5 heterocycles. The first-order valence-electron chi connectivity index (χ1n) is 21.4. The summed E-state index contributed by atoms with van der Waals surface area (Å²) in [5.41, 5.74) is 3.29. The van der Waals surface area contributed by atoms with Crippen LogP contribution in [-0.2, 0) is 45.7 Å². The summed E-state index contributed by atoms with van der Waals surface area (Å²) in [6.45, 7) is 7.73. The number of H-pyrrole nitrogens is 2. The molecule has 62 heavy (non-hydrogen) atoms. The largest absolute Gasteiger partial charge is 0.446 e. The molecule has 6 N–H and O–H groups in total. The number of ether oxygens (including phenoxy) is 4. The summed E-state index contributed by atoms with van der Waals surface area (Å²) >= 11 is 0. The van der Waals surface area contributed by atoms with Crippen LogP contribution in [0.25, 0.3) is 0 Å². The number of rotatable bonds is 18. The summed E-state index contributed by atoms with van der Waals surface area (Å²) in [6, 6.07) is 4.98. The molecule has 0 radical (unpaired) electrons. The summed E-state index contributed by atoms with van der Waals surface area (Å²) in [5, 5.41) is 30.5. The van der Waals surface area contributed by atoms with Gasteiger partial charge in [0, 0.05) is 88.3 Å². The monoisotopic (exact) mass is 861 g/mol. The van der Waals surface area contributed by atoms with Crippen LogP contribution in [0.5, 0.6) is 0 Å². The Bertz CT molecular complexity index is 2160. The van der Waals surface area contributed by atoms with Crippen molar-refractivity contribution in [1.82, 2.24) is 55.3 Å². The molecule has 6 atom stereocenters. The maximum atomic E-state index is 13.1. The molecular formula is C41H59N13O8. The number of carbonyl (C=O) groups excluding carboxylic acids is 4. The molecule has 2 fully saturated rings. The molecule has 4 aromatic heterocycles. The van der Waals surface area contributed by atoms with Crippen molar-refractivity contribution >= 4 is 35.6 Å². The maximum absolute atomic E-state index is 13.1. The Kier molecular flexibility index (Phi) is 14.5. The van der Waals surface area contributed by atoms with Crippen LogP contribution in [0.15, 0.2) is 24.4 Å². The molecule has 4 amide bonds. The number of aromatic nitrogens is 8. The Labute approximate surface area is 359 Å². The summed E-state index contributed by atoms with van der Waals surface area (Å²) in [4.78, 5) is 58.3. The Morgan fingerprint density at radius 1 is 0.790 bits per heavy atom. The molecule has 2 unspecified atom stereocenters. The average molecular weight is 862 g/mol. The number of imidazole rings is 1. The lowest BCUT2D eigenvalue weighted by Gasteiger charge is -2.27. The standard InChI is InChI=1S/C41H59N13O8/c1-24(43-40(57)61-29-10-8-26(16-29)31-19-35(49-47-31)45-38(55)33-18-28(23-60-5)51-52(33)3)6-7-25(2)44-41(58)62-30-11-9-27(17-30)32-20-36(50-48-32)46-39(56)34-21-42-37-22-53(14-15-59-4)12-13-54(34)37/h18-21,24-27,29-30H,6-17,22-23H2,1-5H3,(H,43,57)(H,44,58)(H2,45,47,49,55)(H2,46,48,50,56)/t24?,25?,26-,27-,29+,30+/m0/s1. The van der Waals surface area contributed by atoms with E-state index in [1.54, 1.807) is 33.5 Å². The van der Waals surface area contributed by atoms with Crippen molar-refractivity contribution < 1.29 is 38.1 Å². The van der Waals surface area contributed by atoms with E-state index in [9.17, 15) is 19.2 Å². The van der Waals surface area contributed by atoms with Crippen LogP contribution in [0.4, 0.5) is 21.2 Å². The molecule has 2 aliphatic carbocycles. The fraction of sp³-hybridized carbons (Fsp3) is 0.610. The smallest absolute Gasteiger partial charge is 0.407 e. The fourth-order valence-corrected chi connectivity index (χ4v) is 8.52. The first-order valence-corrected chi connectivity index (χ1v) is 21.4. The summed E-state index contributed by atoms with van der Waals surface area (Å²) in [6.07, 6.45) is 5.74. The van der Waals surface area contributed by atoms with E-state index < -0.39 is 12.2 Å². The number of nitrogens with one attached hydrogen (secondary N) is 6. The predicted molar refractivity (Wildman–Crippen MR) is 225 cm³/mol. The fourth-order valence-electron chi connectivity index (χ4n) is 8.52. The molecule has 3 aliphatic rings. The Morgan fingerprint density at radius 2 is 1.37 bits per heavy atom. The number of hydrogen-bond donors (Lipinski definition) is 6. The predicted octanol–water partition coefficient (Wildman–Crippen LogP) is 4.16. The lowest BCUT2D eigenvalue weighted by atomic mass is 10.0. The molecule has 1 aliphatic heterocycles. The normalized spacial score (nSPS) is 20.9. The van der Waals surface area contributed by atoms with Crippen molar-refractivity contribution in [2.24, 2.45) is 7.05 Å². The molecule has 21 nitrogen and oxygen atoms in total. The quantitative estimate of drug-likeness (QED) is 0.0824. The van der Waals surface area contributed by atoms with Gasteiger partial charge in [0.15, 0.2) is 11.6 Å². The molecule has 336 valence electrons. The van der Waals surface area contributed by atoms with E-state index in [4.69, 9.17) is 18.9 Å². The number of nitrogens with zero attached hydrogens (tertiary/aromatic N) is 7. The number of carbonyl (C=O) groups is 4. The van der Waals surface area contributed by atoms with Gasteiger partial charge >= 0.3 is 12.2 Å². The van der Waals surface area contributed by atoms with Crippen LogP contribution in [0, 0.1) is 0 Å². The number of amides is 4. The minimum Gasteiger partial charge on any atom is -0.446 e. The highest BCUT2D eigenvalue weighted by Crippen LogP contribution is 2.37. The third-order valence-corrected chi connectivity index (χ3v) is 11.9. The molecule has 0 bridgehead atoms. The lowest BCUT2D eigenvalue weighted by Crippen LogP contribution is -2.38. The van der Waals surface area contributed by atoms with Crippen LogP contribution < -0.4 is 21.3 Å². The second-order valence-corrected chi connectivity index (χ2v) is 16.6. The van der Waals surface area contributed by atoms with Gasteiger partial charge in [0.05, 0.1) is 31.6 Å². The van der Waals surface area contributed by atoms with Crippen LogP contribution in [-0.4, -0.2) is 127 Å². The van der Waals surface area contributed by atoms with Gasteiger partial charge in [0.2, 0.25) is 0 Å². The Hall–Kier alpha value is -5.80. The minimum atomic E-state index is -0.477. The number of hydrogen-bond acceptors (Lipinski definition) is 13. The van der Waals surface area contributed by atoms with Gasteiger partial charge in [-0.3, -0.25) is 29.4 Å². The minimum absolute atomic E-state index is 0.104.